The smallest absolute Gasteiger partial charge is 0.264 e. The second kappa shape index (κ2) is 8.88. The molecule has 0 aliphatic rings. The number of benzene rings is 2. The number of methoxy groups -OCH3 is 1. The van der Waals surface area contributed by atoms with Crippen molar-refractivity contribution in [3.8, 4) is 28.4 Å². The van der Waals surface area contributed by atoms with Crippen molar-refractivity contribution < 1.29 is 18.3 Å². The van der Waals surface area contributed by atoms with E-state index in [4.69, 9.17) is 21.7 Å². The van der Waals surface area contributed by atoms with Crippen LogP contribution < -0.4 is 15.0 Å². The van der Waals surface area contributed by atoms with Gasteiger partial charge in [0.2, 0.25) is 0 Å². The Labute approximate surface area is 187 Å². The number of alkyl halides is 2. The molecule has 32 heavy (non-hydrogen) atoms. The maximum atomic E-state index is 14.1. The first-order valence-electron chi connectivity index (χ1n) is 9.80. The summed E-state index contributed by atoms with van der Waals surface area (Å²) in [5, 5.41) is -0.237. The Bertz CT molecular complexity index is 1420. The van der Waals surface area contributed by atoms with Crippen LogP contribution in [0.25, 0.3) is 28.0 Å². The van der Waals surface area contributed by atoms with Crippen LogP contribution in [0.3, 0.4) is 0 Å². The molecule has 9 heteroatoms. The van der Waals surface area contributed by atoms with Crippen LogP contribution >= 0.6 is 12.2 Å². The second-order valence-corrected chi connectivity index (χ2v) is 7.18. The zero-order valence-electron chi connectivity index (χ0n) is 17.3. The Morgan fingerprint density at radius 1 is 1.12 bits per heavy atom. The summed E-state index contributed by atoms with van der Waals surface area (Å²) in [5.41, 5.74) is 0.0388. The molecule has 0 saturated heterocycles. The summed E-state index contributed by atoms with van der Waals surface area (Å²) in [6.45, 7) is 2.21. The molecule has 2 aromatic carbocycles. The largest absolute Gasteiger partial charge is 0.496 e. The lowest BCUT2D eigenvalue weighted by Crippen LogP contribution is -2.17. The maximum Gasteiger partial charge on any atom is 0.264 e. The summed E-state index contributed by atoms with van der Waals surface area (Å²) in [4.78, 5) is 19.8. The lowest BCUT2D eigenvalue weighted by Gasteiger charge is -2.17. The fourth-order valence-electron chi connectivity index (χ4n) is 3.57. The Morgan fingerprint density at radius 3 is 2.50 bits per heavy atom. The van der Waals surface area contributed by atoms with Crippen molar-refractivity contribution >= 4 is 23.3 Å². The number of halogens is 2. The summed E-state index contributed by atoms with van der Waals surface area (Å²) in [5.74, 6) is 0.937. The van der Waals surface area contributed by atoms with Crippen LogP contribution in [-0.4, -0.2) is 28.3 Å². The molecule has 6 nitrogen and oxygen atoms in total. The zero-order valence-corrected chi connectivity index (χ0v) is 18.1. The topological polar surface area (TPSA) is 69.1 Å². The summed E-state index contributed by atoms with van der Waals surface area (Å²) in [6, 6.07) is 15.1. The van der Waals surface area contributed by atoms with Crippen LogP contribution in [0, 0.1) is 4.77 Å². The van der Waals surface area contributed by atoms with Gasteiger partial charge in [-0.05, 0) is 49.5 Å². The summed E-state index contributed by atoms with van der Waals surface area (Å²) < 4.78 is 40.8. The van der Waals surface area contributed by atoms with E-state index in [2.05, 4.69) is 9.97 Å². The van der Waals surface area contributed by atoms with E-state index >= 15 is 0 Å². The number of aromatic nitrogens is 3. The number of hydrogen-bond donors (Lipinski definition) is 1. The van der Waals surface area contributed by atoms with Gasteiger partial charge in [0.15, 0.2) is 10.4 Å². The minimum atomic E-state index is -2.92. The van der Waals surface area contributed by atoms with Crippen molar-refractivity contribution in [2.75, 3.05) is 13.7 Å². The normalized spacial score (nSPS) is 11.2. The highest BCUT2D eigenvalue weighted by Crippen LogP contribution is 2.35. The number of ether oxygens (including phenoxy) is 2. The molecule has 0 aliphatic heterocycles. The third-order valence-electron chi connectivity index (χ3n) is 4.92. The second-order valence-electron chi connectivity index (χ2n) is 6.79. The minimum Gasteiger partial charge on any atom is -0.496 e. The Morgan fingerprint density at radius 2 is 1.81 bits per heavy atom. The highest BCUT2D eigenvalue weighted by atomic mass is 32.1. The van der Waals surface area contributed by atoms with E-state index in [0.717, 1.165) is 0 Å². The zero-order chi connectivity index (χ0) is 22.8. The Balaban J connectivity index is 2.17. The van der Waals surface area contributed by atoms with Crippen LogP contribution in [0.2, 0.25) is 0 Å². The Hall–Kier alpha value is -3.59. The van der Waals surface area contributed by atoms with Gasteiger partial charge < -0.3 is 9.47 Å². The van der Waals surface area contributed by atoms with Gasteiger partial charge in [-0.1, -0.05) is 24.3 Å². The van der Waals surface area contributed by atoms with Crippen molar-refractivity contribution in [1.82, 2.24) is 14.5 Å². The third kappa shape index (κ3) is 3.75. The van der Waals surface area contributed by atoms with Gasteiger partial charge in [0.25, 0.3) is 12.0 Å². The number of rotatable bonds is 6. The lowest BCUT2D eigenvalue weighted by atomic mass is 10.1. The first kappa shape index (κ1) is 21.6. The number of hydrogen-bond acceptors (Lipinski definition) is 5. The van der Waals surface area contributed by atoms with E-state index in [0.29, 0.717) is 29.4 Å². The fraction of sp³-hybridized carbons (Fsp3) is 0.174. The van der Waals surface area contributed by atoms with Gasteiger partial charge in [0.05, 0.1) is 30.5 Å². The number of para-hydroxylation sites is 3. The Kier molecular flexibility index (Phi) is 6.00. The fourth-order valence-corrected chi connectivity index (χ4v) is 3.84. The summed E-state index contributed by atoms with van der Waals surface area (Å²) in [6.07, 6.45) is -2.92. The van der Waals surface area contributed by atoms with Crippen molar-refractivity contribution in [3.05, 3.63) is 75.3 Å². The number of fused-ring (bicyclic) bond motifs is 1. The average Bonchev–Trinajstić information content (AvgIpc) is 2.79. The number of aromatic amines is 1. The summed E-state index contributed by atoms with van der Waals surface area (Å²) in [7, 11) is 1.48. The monoisotopic (exact) mass is 455 g/mol. The standard InChI is InChI=1S/C23H19F2N3O3S/c1-3-31-18-11-7-5-9-16(18)28-21-19(22(29)27-23(28)32)14(20(24)25)12-15(26-21)13-8-4-6-10-17(13)30-2/h4-12,20H,3H2,1-2H3,(H,27,29,32). The molecule has 1 N–H and O–H groups in total. The average molecular weight is 455 g/mol. The van der Waals surface area contributed by atoms with E-state index < -0.39 is 17.5 Å². The van der Waals surface area contributed by atoms with Crippen LogP contribution in [0.5, 0.6) is 11.5 Å². The van der Waals surface area contributed by atoms with Crippen molar-refractivity contribution in [1.29, 1.82) is 0 Å². The first-order chi connectivity index (χ1) is 15.5. The molecule has 0 unspecified atom stereocenters. The van der Waals surface area contributed by atoms with Gasteiger partial charge in [-0.2, -0.15) is 0 Å². The maximum absolute atomic E-state index is 14.1. The van der Waals surface area contributed by atoms with E-state index in [9.17, 15) is 13.6 Å². The quantitative estimate of drug-likeness (QED) is 0.391. The molecule has 0 saturated carbocycles. The minimum absolute atomic E-state index is 0.00427. The van der Waals surface area contributed by atoms with Gasteiger partial charge in [0.1, 0.15) is 11.5 Å². The first-order valence-corrected chi connectivity index (χ1v) is 10.2. The van der Waals surface area contributed by atoms with Crippen LogP contribution in [0.15, 0.2) is 59.4 Å². The molecule has 0 aliphatic carbocycles. The predicted molar refractivity (Wildman–Crippen MR) is 121 cm³/mol. The van der Waals surface area contributed by atoms with Crippen LogP contribution in [0.1, 0.15) is 18.9 Å². The molecule has 4 rings (SSSR count). The number of nitrogens with zero attached hydrogens (tertiary/aromatic N) is 2. The van der Waals surface area contributed by atoms with Gasteiger partial charge in [-0.15, -0.1) is 0 Å². The molecule has 0 bridgehead atoms. The number of nitrogens with one attached hydrogen (secondary N) is 1. The lowest BCUT2D eigenvalue weighted by molar-refractivity contribution is 0.153. The molecule has 0 fully saturated rings. The number of pyridine rings is 1. The molecule has 0 amide bonds. The molecule has 4 aromatic rings. The van der Waals surface area contributed by atoms with E-state index in [1.54, 1.807) is 48.5 Å². The molecule has 0 spiro atoms. The highest BCUT2D eigenvalue weighted by Gasteiger charge is 2.22. The van der Waals surface area contributed by atoms with Crippen molar-refractivity contribution in [3.63, 3.8) is 0 Å². The SMILES string of the molecule is CCOc1ccccc1-n1c(=S)[nH]c(=O)c2c(C(F)F)cc(-c3ccccc3OC)nc21. The molecule has 0 radical (unpaired) electrons. The van der Waals surface area contributed by atoms with Gasteiger partial charge >= 0.3 is 0 Å². The number of H-pyrrole nitrogens is 1. The molecular weight excluding hydrogens is 436 g/mol. The van der Waals surface area contributed by atoms with Gasteiger partial charge in [-0.25, -0.2) is 13.8 Å². The van der Waals surface area contributed by atoms with Crippen molar-refractivity contribution in [2.45, 2.75) is 13.3 Å². The highest BCUT2D eigenvalue weighted by molar-refractivity contribution is 7.71. The van der Waals surface area contributed by atoms with E-state index in [1.165, 1.54) is 17.7 Å². The van der Waals surface area contributed by atoms with Crippen LogP contribution in [-0.2, 0) is 0 Å². The predicted octanol–water partition coefficient (Wildman–Crippen LogP) is 5.46. The van der Waals surface area contributed by atoms with Crippen molar-refractivity contribution in [2.24, 2.45) is 0 Å². The molecule has 164 valence electrons. The molecule has 0 atom stereocenters. The van der Waals surface area contributed by atoms with E-state index in [-0.39, 0.29) is 21.5 Å². The third-order valence-corrected chi connectivity index (χ3v) is 5.20. The molecular formula is C23H19F2N3O3S. The molecule has 2 aromatic heterocycles. The summed E-state index contributed by atoms with van der Waals surface area (Å²) >= 11 is 5.41. The molecule has 2 heterocycles. The van der Waals surface area contributed by atoms with Crippen LogP contribution in [0.4, 0.5) is 8.78 Å². The van der Waals surface area contributed by atoms with Gasteiger partial charge in [-0.3, -0.25) is 14.3 Å². The van der Waals surface area contributed by atoms with E-state index in [1.807, 2.05) is 6.92 Å². The van der Waals surface area contributed by atoms with Gasteiger partial charge in [0, 0.05) is 11.1 Å².